The summed E-state index contributed by atoms with van der Waals surface area (Å²) in [6, 6.07) is 6.46. The molecule has 1 aromatic rings. The van der Waals surface area contributed by atoms with Gasteiger partial charge in [-0.3, -0.25) is 0 Å². The fraction of sp³-hybridized carbons (Fsp3) is 0.625. The Morgan fingerprint density at radius 1 is 1.17 bits per heavy atom. The third-order valence-corrected chi connectivity index (χ3v) is 4.02. The van der Waals surface area contributed by atoms with Gasteiger partial charge in [0.25, 0.3) is 0 Å². The Labute approximate surface area is 111 Å². The van der Waals surface area contributed by atoms with E-state index in [1.165, 1.54) is 48.8 Å². The normalized spacial score (nSPS) is 18.8. The molecule has 18 heavy (non-hydrogen) atoms. The van der Waals surface area contributed by atoms with Gasteiger partial charge < -0.3 is 10.5 Å². The van der Waals surface area contributed by atoms with Crippen LogP contribution in [0.2, 0.25) is 0 Å². The SMILES string of the molecule is Cc1ccc(C(N)COC2CCCCC2)cc1C. The smallest absolute Gasteiger partial charge is 0.0663 e. The lowest BCUT2D eigenvalue weighted by molar-refractivity contribution is 0.0206. The van der Waals surface area contributed by atoms with Crippen molar-refractivity contribution in [3.05, 3.63) is 34.9 Å². The van der Waals surface area contributed by atoms with Gasteiger partial charge in [-0.1, -0.05) is 37.5 Å². The summed E-state index contributed by atoms with van der Waals surface area (Å²) >= 11 is 0. The minimum Gasteiger partial charge on any atom is -0.376 e. The lowest BCUT2D eigenvalue weighted by Crippen LogP contribution is -2.24. The second-order valence-corrected chi connectivity index (χ2v) is 5.54. The molecule has 0 aliphatic heterocycles. The second-order valence-electron chi connectivity index (χ2n) is 5.54. The summed E-state index contributed by atoms with van der Waals surface area (Å²) in [6.07, 6.45) is 6.84. The zero-order chi connectivity index (χ0) is 13.0. The highest BCUT2D eigenvalue weighted by Crippen LogP contribution is 2.22. The monoisotopic (exact) mass is 247 g/mol. The van der Waals surface area contributed by atoms with Gasteiger partial charge in [-0.05, 0) is 43.4 Å². The summed E-state index contributed by atoms with van der Waals surface area (Å²) in [5, 5.41) is 0. The van der Waals surface area contributed by atoms with E-state index in [4.69, 9.17) is 10.5 Å². The van der Waals surface area contributed by atoms with Crippen molar-refractivity contribution in [2.45, 2.75) is 58.1 Å². The second kappa shape index (κ2) is 6.35. The summed E-state index contributed by atoms with van der Waals surface area (Å²) in [6.45, 7) is 4.91. The molecule has 1 fully saturated rings. The van der Waals surface area contributed by atoms with E-state index >= 15 is 0 Å². The number of nitrogens with two attached hydrogens (primary N) is 1. The van der Waals surface area contributed by atoms with E-state index in [-0.39, 0.29) is 6.04 Å². The lowest BCUT2D eigenvalue weighted by atomic mass is 9.97. The molecule has 0 heterocycles. The molecule has 1 saturated carbocycles. The Kier molecular flexibility index (Phi) is 4.79. The average Bonchev–Trinajstić information content (AvgIpc) is 2.40. The molecular formula is C16H25NO. The van der Waals surface area contributed by atoms with E-state index in [1.54, 1.807) is 0 Å². The Morgan fingerprint density at radius 3 is 2.56 bits per heavy atom. The van der Waals surface area contributed by atoms with Crippen molar-refractivity contribution in [3.63, 3.8) is 0 Å². The van der Waals surface area contributed by atoms with Crippen LogP contribution >= 0.6 is 0 Å². The van der Waals surface area contributed by atoms with Crippen molar-refractivity contribution in [3.8, 4) is 0 Å². The van der Waals surface area contributed by atoms with E-state index in [2.05, 4.69) is 32.0 Å². The maximum absolute atomic E-state index is 6.21. The number of rotatable bonds is 4. The highest BCUT2D eigenvalue weighted by molar-refractivity contribution is 5.31. The molecule has 2 N–H and O–H groups in total. The Bertz CT molecular complexity index is 383. The van der Waals surface area contributed by atoms with Crippen LogP contribution in [0.4, 0.5) is 0 Å². The molecule has 1 atom stereocenters. The van der Waals surface area contributed by atoms with Gasteiger partial charge in [0.05, 0.1) is 18.8 Å². The first-order chi connectivity index (χ1) is 8.66. The van der Waals surface area contributed by atoms with Crippen molar-refractivity contribution in [2.75, 3.05) is 6.61 Å². The maximum atomic E-state index is 6.21. The molecule has 2 rings (SSSR count). The van der Waals surface area contributed by atoms with Gasteiger partial charge in [-0.25, -0.2) is 0 Å². The first kappa shape index (κ1) is 13.6. The van der Waals surface area contributed by atoms with E-state index in [1.807, 2.05) is 0 Å². The molecule has 2 heteroatoms. The average molecular weight is 247 g/mol. The molecule has 100 valence electrons. The molecule has 1 aliphatic carbocycles. The largest absolute Gasteiger partial charge is 0.376 e. The van der Waals surface area contributed by atoms with Gasteiger partial charge >= 0.3 is 0 Å². The summed E-state index contributed by atoms with van der Waals surface area (Å²) in [5.41, 5.74) is 10.0. The van der Waals surface area contributed by atoms with E-state index in [9.17, 15) is 0 Å². The topological polar surface area (TPSA) is 35.2 Å². The number of benzene rings is 1. The van der Waals surface area contributed by atoms with Gasteiger partial charge in [0, 0.05) is 0 Å². The van der Waals surface area contributed by atoms with Crippen molar-refractivity contribution >= 4 is 0 Å². The fourth-order valence-electron chi connectivity index (χ4n) is 2.56. The number of aryl methyl sites for hydroxylation is 2. The quantitative estimate of drug-likeness (QED) is 0.881. The summed E-state index contributed by atoms with van der Waals surface area (Å²) in [4.78, 5) is 0. The zero-order valence-corrected chi connectivity index (χ0v) is 11.6. The number of ether oxygens (including phenoxy) is 1. The molecule has 1 aromatic carbocycles. The first-order valence-electron chi connectivity index (χ1n) is 7.11. The third-order valence-electron chi connectivity index (χ3n) is 4.02. The summed E-state index contributed by atoms with van der Waals surface area (Å²) in [5.74, 6) is 0. The van der Waals surface area contributed by atoms with Gasteiger partial charge in [0.15, 0.2) is 0 Å². The molecule has 0 radical (unpaired) electrons. The van der Waals surface area contributed by atoms with Crippen LogP contribution < -0.4 is 5.73 Å². The molecule has 0 spiro atoms. The van der Waals surface area contributed by atoms with E-state index in [0.717, 1.165) is 0 Å². The minimum absolute atomic E-state index is 0.00577. The fourth-order valence-corrected chi connectivity index (χ4v) is 2.56. The lowest BCUT2D eigenvalue weighted by Gasteiger charge is -2.24. The van der Waals surface area contributed by atoms with Crippen LogP contribution in [-0.4, -0.2) is 12.7 Å². The summed E-state index contributed by atoms with van der Waals surface area (Å²) in [7, 11) is 0. The zero-order valence-electron chi connectivity index (χ0n) is 11.6. The molecule has 0 amide bonds. The number of hydrogen-bond donors (Lipinski definition) is 1. The molecule has 1 unspecified atom stereocenters. The highest BCUT2D eigenvalue weighted by atomic mass is 16.5. The predicted octanol–water partition coefficient (Wildman–Crippen LogP) is 3.65. The van der Waals surface area contributed by atoms with Gasteiger partial charge in [0.1, 0.15) is 0 Å². The van der Waals surface area contributed by atoms with Crippen LogP contribution in [-0.2, 0) is 4.74 Å². The minimum atomic E-state index is 0.00577. The van der Waals surface area contributed by atoms with Crippen LogP contribution in [0.1, 0.15) is 54.8 Å². The molecule has 0 saturated heterocycles. The Balaban J connectivity index is 1.86. The first-order valence-corrected chi connectivity index (χ1v) is 7.11. The molecule has 1 aliphatic rings. The summed E-state index contributed by atoms with van der Waals surface area (Å²) < 4.78 is 5.94. The van der Waals surface area contributed by atoms with Crippen LogP contribution in [0.25, 0.3) is 0 Å². The van der Waals surface area contributed by atoms with Crippen LogP contribution in [0.15, 0.2) is 18.2 Å². The van der Waals surface area contributed by atoms with E-state index < -0.39 is 0 Å². The molecule has 0 bridgehead atoms. The van der Waals surface area contributed by atoms with Gasteiger partial charge in [-0.15, -0.1) is 0 Å². The van der Waals surface area contributed by atoms with Gasteiger partial charge in [-0.2, -0.15) is 0 Å². The Morgan fingerprint density at radius 2 is 1.89 bits per heavy atom. The highest BCUT2D eigenvalue weighted by Gasteiger charge is 2.15. The molecule has 0 aromatic heterocycles. The van der Waals surface area contributed by atoms with Crippen molar-refractivity contribution < 1.29 is 4.74 Å². The van der Waals surface area contributed by atoms with E-state index in [0.29, 0.717) is 12.7 Å². The molecule has 2 nitrogen and oxygen atoms in total. The van der Waals surface area contributed by atoms with Crippen molar-refractivity contribution in [2.24, 2.45) is 5.73 Å². The van der Waals surface area contributed by atoms with Gasteiger partial charge in [0.2, 0.25) is 0 Å². The third kappa shape index (κ3) is 3.56. The predicted molar refractivity (Wildman–Crippen MR) is 75.7 cm³/mol. The van der Waals surface area contributed by atoms with Crippen LogP contribution in [0.3, 0.4) is 0 Å². The van der Waals surface area contributed by atoms with Crippen molar-refractivity contribution in [1.82, 2.24) is 0 Å². The number of hydrogen-bond acceptors (Lipinski definition) is 2. The molecular weight excluding hydrogens is 222 g/mol. The maximum Gasteiger partial charge on any atom is 0.0663 e. The van der Waals surface area contributed by atoms with Crippen LogP contribution in [0.5, 0.6) is 0 Å². The van der Waals surface area contributed by atoms with Crippen molar-refractivity contribution in [1.29, 1.82) is 0 Å². The Hall–Kier alpha value is -0.860. The van der Waals surface area contributed by atoms with Crippen LogP contribution in [0, 0.1) is 13.8 Å². The standard InChI is InChI=1S/C16H25NO/c1-12-8-9-14(10-13(12)2)16(17)11-18-15-6-4-3-5-7-15/h8-10,15-16H,3-7,11,17H2,1-2H3.